The highest BCUT2D eigenvalue weighted by atomic mass is 16.5. The van der Waals surface area contributed by atoms with Gasteiger partial charge in [0.05, 0.1) is 0 Å². The molecule has 0 aromatic rings. The quantitative estimate of drug-likeness (QED) is 0.644. The summed E-state index contributed by atoms with van der Waals surface area (Å²) in [6.07, 6.45) is 4.18. The number of carbonyl (C=O) groups excluding carboxylic acids is 1. The molecule has 0 atom stereocenters. The molecule has 6 nitrogen and oxygen atoms in total. The molecule has 2 fully saturated rings. The van der Waals surface area contributed by atoms with Gasteiger partial charge in [-0.15, -0.1) is 0 Å². The van der Waals surface area contributed by atoms with Crippen LogP contribution < -0.4 is 0 Å². The van der Waals surface area contributed by atoms with Crippen LogP contribution in [0.5, 0.6) is 0 Å². The number of nitrogens with zero attached hydrogens (tertiary/aromatic N) is 2. The minimum absolute atomic E-state index is 0.0772. The van der Waals surface area contributed by atoms with Gasteiger partial charge in [0.2, 0.25) is 0 Å². The first-order valence-electron chi connectivity index (χ1n) is 9.64. The lowest BCUT2D eigenvalue weighted by atomic mass is 9.76. The third-order valence-electron chi connectivity index (χ3n) is 5.84. The molecule has 0 radical (unpaired) electrons. The monoisotopic (exact) mass is 372 g/mol. The molecule has 0 spiro atoms. The van der Waals surface area contributed by atoms with Crippen LogP contribution in [0.4, 0.5) is 0 Å². The van der Waals surface area contributed by atoms with E-state index in [9.17, 15) is 15.2 Å². The molecule has 2 saturated heterocycles. The Bertz CT molecular complexity index is 452. The molecule has 2 aliphatic heterocycles. The SMILES string of the molecule is CC1(C)CC(C=O)CC(C)(C)N1O.CC1(C)CC(CO)CC(C)(C)N1O. The number of hydrogen-bond donors (Lipinski definition) is 3. The largest absolute Gasteiger partial charge is 0.396 e. The predicted molar refractivity (Wildman–Crippen MR) is 102 cm³/mol. The lowest BCUT2D eigenvalue weighted by Gasteiger charge is -2.51. The normalized spacial score (nSPS) is 28.9. The molecule has 0 aromatic heterocycles. The molecule has 0 aliphatic carbocycles. The summed E-state index contributed by atoms with van der Waals surface area (Å²) in [5.41, 5.74) is -1.05. The zero-order chi connectivity index (χ0) is 20.6. The first-order chi connectivity index (χ1) is 11.6. The van der Waals surface area contributed by atoms with Crippen molar-refractivity contribution < 1.29 is 20.3 Å². The summed E-state index contributed by atoms with van der Waals surface area (Å²) in [5, 5.41) is 31.8. The second-order valence-electron chi connectivity index (χ2n) is 10.6. The zero-order valence-electron chi connectivity index (χ0n) is 17.9. The number of hydroxylamine groups is 4. The van der Waals surface area contributed by atoms with Crippen LogP contribution in [0.15, 0.2) is 0 Å². The molecule has 6 heteroatoms. The molecule has 0 aromatic carbocycles. The van der Waals surface area contributed by atoms with E-state index in [0.29, 0.717) is 5.92 Å². The van der Waals surface area contributed by atoms with Crippen LogP contribution in [-0.2, 0) is 4.79 Å². The second-order valence-corrected chi connectivity index (χ2v) is 10.6. The Hall–Kier alpha value is -0.530. The summed E-state index contributed by atoms with van der Waals surface area (Å²) >= 11 is 0. The van der Waals surface area contributed by atoms with Crippen molar-refractivity contribution in [2.24, 2.45) is 11.8 Å². The third-order valence-corrected chi connectivity index (χ3v) is 5.84. The summed E-state index contributed by atoms with van der Waals surface area (Å²) in [4.78, 5) is 10.7. The molecule has 2 heterocycles. The Morgan fingerprint density at radius 2 is 1.08 bits per heavy atom. The van der Waals surface area contributed by atoms with Gasteiger partial charge in [-0.3, -0.25) is 0 Å². The Balaban J connectivity index is 0.000000260. The van der Waals surface area contributed by atoms with E-state index >= 15 is 0 Å². The van der Waals surface area contributed by atoms with E-state index in [0.717, 1.165) is 32.0 Å². The van der Waals surface area contributed by atoms with Crippen molar-refractivity contribution in [1.29, 1.82) is 0 Å². The van der Waals surface area contributed by atoms with E-state index < -0.39 is 0 Å². The van der Waals surface area contributed by atoms with Crippen LogP contribution in [0, 0.1) is 11.8 Å². The van der Waals surface area contributed by atoms with E-state index in [1.165, 1.54) is 10.1 Å². The maximum atomic E-state index is 10.7. The number of rotatable bonds is 2. The minimum atomic E-state index is -0.298. The fraction of sp³-hybridized carbons (Fsp3) is 0.950. The van der Waals surface area contributed by atoms with E-state index in [2.05, 4.69) is 0 Å². The average Bonchev–Trinajstić information content (AvgIpc) is 2.49. The fourth-order valence-corrected chi connectivity index (χ4v) is 5.05. The molecule has 2 aliphatic rings. The van der Waals surface area contributed by atoms with Gasteiger partial charge in [-0.25, -0.2) is 0 Å². The second kappa shape index (κ2) is 7.84. The van der Waals surface area contributed by atoms with E-state index in [4.69, 9.17) is 5.11 Å². The average molecular weight is 373 g/mol. The Morgan fingerprint density at radius 1 is 0.769 bits per heavy atom. The number of carbonyl (C=O) groups is 1. The molecule has 0 bridgehead atoms. The lowest BCUT2D eigenvalue weighted by molar-refractivity contribution is -0.252. The van der Waals surface area contributed by atoms with Crippen LogP contribution in [-0.4, -0.2) is 60.7 Å². The van der Waals surface area contributed by atoms with Gasteiger partial charge < -0.3 is 20.3 Å². The highest BCUT2D eigenvalue weighted by molar-refractivity contribution is 5.54. The van der Waals surface area contributed by atoms with Crippen molar-refractivity contribution in [3.63, 3.8) is 0 Å². The van der Waals surface area contributed by atoms with Gasteiger partial charge in [0.25, 0.3) is 0 Å². The standard InChI is InChI=1S/C10H21NO2.C10H19NO2/c2*1-9(2)5-8(7-12)6-10(3,4)11(9)13/h8,12-13H,5-7H2,1-4H3;7-8,13H,5-6H2,1-4H3. The van der Waals surface area contributed by atoms with Crippen molar-refractivity contribution in [3.8, 4) is 0 Å². The zero-order valence-corrected chi connectivity index (χ0v) is 17.9. The summed E-state index contributed by atoms with van der Waals surface area (Å²) in [5.74, 6) is 0.391. The number of aldehydes is 1. The predicted octanol–water partition coefficient (Wildman–Crippen LogP) is 3.48. The summed E-state index contributed by atoms with van der Waals surface area (Å²) in [7, 11) is 0. The third kappa shape index (κ3) is 5.26. The highest BCUT2D eigenvalue weighted by Crippen LogP contribution is 2.40. The molecule has 26 heavy (non-hydrogen) atoms. The van der Waals surface area contributed by atoms with Gasteiger partial charge >= 0.3 is 0 Å². The van der Waals surface area contributed by atoms with Gasteiger partial charge in [-0.05, 0) is 87.0 Å². The van der Waals surface area contributed by atoms with Crippen LogP contribution >= 0.6 is 0 Å². The van der Waals surface area contributed by atoms with Gasteiger partial charge in [0.1, 0.15) is 6.29 Å². The maximum Gasteiger partial charge on any atom is 0.123 e. The van der Waals surface area contributed by atoms with E-state index in [1.807, 2.05) is 55.4 Å². The molecule has 3 N–H and O–H groups in total. The van der Waals surface area contributed by atoms with Gasteiger partial charge in [-0.2, -0.15) is 10.1 Å². The topological polar surface area (TPSA) is 84.2 Å². The van der Waals surface area contributed by atoms with Gasteiger partial charge in [0.15, 0.2) is 0 Å². The van der Waals surface area contributed by atoms with Gasteiger partial charge in [-0.1, -0.05) is 0 Å². The van der Waals surface area contributed by atoms with E-state index in [1.54, 1.807) is 0 Å². The number of hydrogen-bond acceptors (Lipinski definition) is 6. The number of aliphatic hydroxyl groups is 1. The van der Waals surface area contributed by atoms with Crippen LogP contribution in [0.3, 0.4) is 0 Å². The summed E-state index contributed by atoms with van der Waals surface area (Å²) < 4.78 is 0. The smallest absolute Gasteiger partial charge is 0.123 e. The Labute approximate surface area is 159 Å². The number of piperidine rings is 2. The lowest BCUT2D eigenvalue weighted by Crippen LogP contribution is -2.59. The van der Waals surface area contributed by atoms with Crippen molar-refractivity contribution >= 4 is 6.29 Å². The van der Waals surface area contributed by atoms with Crippen LogP contribution in [0.25, 0.3) is 0 Å². The Morgan fingerprint density at radius 3 is 1.35 bits per heavy atom. The van der Waals surface area contributed by atoms with Crippen molar-refractivity contribution in [2.45, 2.75) is 103 Å². The molecule has 2 rings (SSSR count). The van der Waals surface area contributed by atoms with Gasteiger partial charge in [0, 0.05) is 34.7 Å². The van der Waals surface area contributed by atoms with Crippen molar-refractivity contribution in [1.82, 2.24) is 10.1 Å². The van der Waals surface area contributed by atoms with Crippen LogP contribution in [0.1, 0.15) is 81.1 Å². The highest BCUT2D eigenvalue weighted by Gasteiger charge is 2.45. The molecule has 0 amide bonds. The molecule has 0 saturated carbocycles. The fourth-order valence-electron chi connectivity index (χ4n) is 5.05. The molecule has 154 valence electrons. The molecular weight excluding hydrogens is 332 g/mol. The van der Waals surface area contributed by atoms with Crippen molar-refractivity contribution in [2.75, 3.05) is 6.61 Å². The summed E-state index contributed by atoms with van der Waals surface area (Å²) in [6.45, 7) is 16.1. The first-order valence-corrected chi connectivity index (χ1v) is 9.64. The van der Waals surface area contributed by atoms with E-state index in [-0.39, 0.29) is 34.7 Å². The number of aliphatic hydroxyl groups excluding tert-OH is 1. The minimum Gasteiger partial charge on any atom is -0.396 e. The molecular formula is C20H40N2O4. The summed E-state index contributed by atoms with van der Waals surface area (Å²) in [6, 6.07) is 0. The van der Waals surface area contributed by atoms with Crippen LogP contribution in [0.2, 0.25) is 0 Å². The Kier molecular flexibility index (Phi) is 7.09. The molecule has 0 unspecified atom stereocenters. The van der Waals surface area contributed by atoms with Crippen molar-refractivity contribution in [3.05, 3.63) is 0 Å². The first kappa shape index (κ1) is 23.5. The maximum absolute atomic E-state index is 10.7.